The molecule has 1 amide bonds. The highest BCUT2D eigenvalue weighted by atomic mass is 32.1. The van der Waals surface area contributed by atoms with E-state index in [0.717, 1.165) is 27.3 Å². The Bertz CT molecular complexity index is 771. The summed E-state index contributed by atoms with van der Waals surface area (Å²) in [6.45, 7) is 4.28. The van der Waals surface area contributed by atoms with Crippen LogP contribution in [0.25, 0.3) is 6.08 Å². The molecule has 0 atom stereocenters. The molecule has 23 heavy (non-hydrogen) atoms. The number of hydrogen-bond acceptors (Lipinski definition) is 4. The fourth-order valence-corrected chi connectivity index (χ4v) is 2.81. The van der Waals surface area contributed by atoms with Gasteiger partial charge in [-0.25, -0.2) is 0 Å². The molecule has 1 heterocycles. The van der Waals surface area contributed by atoms with E-state index in [1.807, 2.05) is 49.6 Å². The number of aryl methyl sites for hydroxylation is 2. The highest BCUT2D eigenvalue weighted by Gasteiger charge is 2.11. The molecule has 0 unspecified atom stereocenters. The minimum atomic E-state index is -0.367. The Morgan fingerprint density at radius 2 is 2.17 bits per heavy atom. The van der Waals surface area contributed by atoms with Crippen molar-refractivity contribution in [1.82, 2.24) is 5.32 Å². The van der Waals surface area contributed by atoms with Gasteiger partial charge in [-0.2, -0.15) is 5.26 Å². The van der Waals surface area contributed by atoms with E-state index in [9.17, 15) is 10.1 Å². The van der Waals surface area contributed by atoms with E-state index in [-0.39, 0.29) is 11.5 Å². The van der Waals surface area contributed by atoms with Gasteiger partial charge in [-0.1, -0.05) is 6.07 Å². The first-order valence-corrected chi connectivity index (χ1v) is 8.00. The van der Waals surface area contributed by atoms with Gasteiger partial charge < -0.3 is 10.1 Å². The zero-order valence-corrected chi connectivity index (χ0v) is 14.2. The van der Waals surface area contributed by atoms with Crippen LogP contribution in [0.2, 0.25) is 0 Å². The number of carbonyl (C=O) groups is 1. The summed E-state index contributed by atoms with van der Waals surface area (Å²) in [5.41, 5.74) is 2.84. The molecular formula is C18H18N2O2S. The minimum absolute atomic E-state index is 0.0919. The van der Waals surface area contributed by atoms with Crippen LogP contribution in [0, 0.1) is 25.2 Å². The van der Waals surface area contributed by atoms with Crippen LogP contribution in [-0.2, 0) is 11.3 Å². The average Bonchev–Trinajstić information content (AvgIpc) is 3.06. The van der Waals surface area contributed by atoms with Crippen molar-refractivity contribution in [3.63, 3.8) is 0 Å². The molecule has 0 aliphatic rings. The molecule has 5 heteroatoms. The van der Waals surface area contributed by atoms with Crippen molar-refractivity contribution < 1.29 is 9.53 Å². The molecule has 0 radical (unpaired) electrons. The summed E-state index contributed by atoms with van der Waals surface area (Å²) >= 11 is 1.57. The second-order valence-corrected chi connectivity index (χ2v) is 6.14. The number of amides is 1. The van der Waals surface area contributed by atoms with Crippen LogP contribution < -0.4 is 10.1 Å². The van der Waals surface area contributed by atoms with E-state index >= 15 is 0 Å². The second-order valence-electron chi connectivity index (χ2n) is 5.11. The van der Waals surface area contributed by atoms with Crippen LogP contribution in [0.3, 0.4) is 0 Å². The number of nitriles is 1. The van der Waals surface area contributed by atoms with E-state index in [2.05, 4.69) is 5.32 Å². The second kappa shape index (κ2) is 7.61. The normalized spacial score (nSPS) is 11.0. The van der Waals surface area contributed by atoms with Crippen LogP contribution in [0.5, 0.6) is 5.75 Å². The van der Waals surface area contributed by atoms with Crippen molar-refractivity contribution in [1.29, 1.82) is 5.26 Å². The molecule has 1 N–H and O–H groups in total. The molecule has 0 aliphatic heterocycles. The summed E-state index contributed by atoms with van der Waals surface area (Å²) in [7, 11) is 1.62. The summed E-state index contributed by atoms with van der Waals surface area (Å²) in [6.07, 6.45) is 1.62. The van der Waals surface area contributed by atoms with Gasteiger partial charge in [0.25, 0.3) is 5.91 Å². The molecule has 118 valence electrons. The predicted octanol–water partition coefficient (Wildman–Crippen LogP) is 3.60. The van der Waals surface area contributed by atoms with E-state index in [0.29, 0.717) is 6.54 Å². The van der Waals surface area contributed by atoms with E-state index in [1.165, 1.54) is 0 Å². The molecule has 0 saturated carbocycles. The third-order valence-electron chi connectivity index (χ3n) is 3.45. The third kappa shape index (κ3) is 4.21. The molecule has 1 aromatic carbocycles. The van der Waals surface area contributed by atoms with Crippen molar-refractivity contribution in [2.75, 3.05) is 7.11 Å². The highest BCUT2D eigenvalue weighted by molar-refractivity contribution is 7.09. The molecule has 0 saturated heterocycles. The maximum absolute atomic E-state index is 12.2. The van der Waals surface area contributed by atoms with Gasteiger partial charge in [-0.05, 0) is 60.2 Å². The smallest absolute Gasteiger partial charge is 0.262 e. The van der Waals surface area contributed by atoms with Crippen molar-refractivity contribution in [2.45, 2.75) is 20.4 Å². The Hall–Kier alpha value is -2.58. The number of nitrogens with one attached hydrogen (secondary N) is 1. The van der Waals surface area contributed by atoms with Gasteiger partial charge in [0.15, 0.2) is 0 Å². The van der Waals surface area contributed by atoms with E-state index in [1.54, 1.807) is 24.5 Å². The van der Waals surface area contributed by atoms with Crippen molar-refractivity contribution in [3.05, 3.63) is 56.8 Å². The summed E-state index contributed by atoms with van der Waals surface area (Å²) < 4.78 is 5.28. The van der Waals surface area contributed by atoms with Gasteiger partial charge in [0, 0.05) is 4.88 Å². The Morgan fingerprint density at radius 3 is 2.78 bits per heavy atom. The van der Waals surface area contributed by atoms with Gasteiger partial charge >= 0.3 is 0 Å². The third-order valence-corrected chi connectivity index (χ3v) is 4.33. The first kappa shape index (κ1) is 16.8. The topological polar surface area (TPSA) is 62.1 Å². The standard InChI is InChI=1S/C18H18N2O2S/c1-12-8-17(22-3)13(2)7-14(12)9-15(10-19)18(21)20-11-16-5-4-6-23-16/h4-9H,11H2,1-3H3,(H,20,21)/b15-9+. The summed E-state index contributed by atoms with van der Waals surface area (Å²) in [5, 5.41) is 14.0. The van der Waals surface area contributed by atoms with Gasteiger partial charge in [-0.3, -0.25) is 4.79 Å². The maximum Gasteiger partial charge on any atom is 0.262 e. The Morgan fingerprint density at radius 1 is 1.39 bits per heavy atom. The lowest BCUT2D eigenvalue weighted by atomic mass is 10.0. The van der Waals surface area contributed by atoms with Gasteiger partial charge in [-0.15, -0.1) is 11.3 Å². The number of thiophene rings is 1. The van der Waals surface area contributed by atoms with Crippen molar-refractivity contribution >= 4 is 23.3 Å². The van der Waals surface area contributed by atoms with Crippen LogP contribution in [0.15, 0.2) is 35.2 Å². The maximum atomic E-state index is 12.2. The number of hydrogen-bond donors (Lipinski definition) is 1. The van der Waals surface area contributed by atoms with E-state index < -0.39 is 0 Å². The molecule has 2 aromatic rings. The van der Waals surface area contributed by atoms with Gasteiger partial charge in [0.1, 0.15) is 17.4 Å². The molecular weight excluding hydrogens is 308 g/mol. The molecule has 2 rings (SSSR count). The zero-order chi connectivity index (χ0) is 16.8. The lowest BCUT2D eigenvalue weighted by Crippen LogP contribution is -2.23. The molecule has 0 spiro atoms. The van der Waals surface area contributed by atoms with E-state index in [4.69, 9.17) is 4.74 Å². The molecule has 0 aliphatic carbocycles. The first-order valence-electron chi connectivity index (χ1n) is 7.12. The number of rotatable bonds is 5. The van der Waals surface area contributed by atoms with Crippen LogP contribution in [0.1, 0.15) is 21.6 Å². The molecule has 0 fully saturated rings. The number of methoxy groups -OCH3 is 1. The summed E-state index contributed by atoms with van der Waals surface area (Å²) in [4.78, 5) is 13.2. The molecule has 0 bridgehead atoms. The fraction of sp³-hybridized carbons (Fsp3) is 0.222. The zero-order valence-electron chi connectivity index (χ0n) is 13.3. The van der Waals surface area contributed by atoms with Gasteiger partial charge in [0.05, 0.1) is 13.7 Å². The lowest BCUT2D eigenvalue weighted by Gasteiger charge is -2.09. The van der Waals surface area contributed by atoms with Crippen molar-refractivity contribution in [2.24, 2.45) is 0 Å². The van der Waals surface area contributed by atoms with Crippen LogP contribution in [-0.4, -0.2) is 13.0 Å². The van der Waals surface area contributed by atoms with Gasteiger partial charge in [0.2, 0.25) is 0 Å². The SMILES string of the molecule is COc1cc(C)c(/C=C(\C#N)C(=O)NCc2cccs2)cc1C. The minimum Gasteiger partial charge on any atom is -0.496 e. The number of ether oxygens (including phenoxy) is 1. The number of carbonyl (C=O) groups excluding carboxylic acids is 1. The molecule has 1 aromatic heterocycles. The Kier molecular flexibility index (Phi) is 5.56. The Balaban J connectivity index is 2.19. The first-order chi connectivity index (χ1) is 11.0. The number of nitrogens with zero attached hydrogens (tertiary/aromatic N) is 1. The van der Waals surface area contributed by atoms with Crippen molar-refractivity contribution in [3.8, 4) is 11.8 Å². The Labute approximate surface area is 140 Å². The predicted molar refractivity (Wildman–Crippen MR) is 92.2 cm³/mol. The van der Waals surface area contributed by atoms with Crippen LogP contribution in [0.4, 0.5) is 0 Å². The number of benzene rings is 1. The summed E-state index contributed by atoms with van der Waals surface area (Å²) in [5.74, 6) is 0.425. The van der Waals surface area contributed by atoms with Crippen LogP contribution >= 0.6 is 11.3 Å². The lowest BCUT2D eigenvalue weighted by molar-refractivity contribution is -0.117. The highest BCUT2D eigenvalue weighted by Crippen LogP contribution is 2.24. The monoisotopic (exact) mass is 326 g/mol. The largest absolute Gasteiger partial charge is 0.496 e. The summed E-state index contributed by atoms with van der Waals surface area (Å²) in [6, 6.07) is 9.66. The average molecular weight is 326 g/mol. The molecule has 4 nitrogen and oxygen atoms in total. The quantitative estimate of drug-likeness (QED) is 0.674. The fourth-order valence-electron chi connectivity index (χ4n) is 2.17.